The molecule has 1 heterocycles. The molecule has 0 spiro atoms. The van der Waals surface area contributed by atoms with E-state index >= 15 is 0 Å². The third kappa shape index (κ3) is 3.18. The van der Waals surface area contributed by atoms with Crippen LogP contribution in [0, 0.1) is 0 Å². The molecule has 5 heteroatoms. The molecule has 5 nitrogen and oxygen atoms in total. The van der Waals surface area contributed by atoms with Crippen LogP contribution in [0.3, 0.4) is 0 Å². The Labute approximate surface area is 100 Å². The zero-order valence-electron chi connectivity index (χ0n) is 9.58. The zero-order valence-corrected chi connectivity index (χ0v) is 9.58. The summed E-state index contributed by atoms with van der Waals surface area (Å²) in [7, 11) is 0. The van der Waals surface area contributed by atoms with E-state index in [2.05, 4.69) is 17.0 Å². The van der Waals surface area contributed by atoms with Crippen molar-refractivity contribution in [3.05, 3.63) is 35.9 Å². The Balaban J connectivity index is 1.91. The number of hydrogen-bond donors (Lipinski definition) is 2. The van der Waals surface area contributed by atoms with Gasteiger partial charge in [-0.3, -0.25) is 4.90 Å². The minimum absolute atomic E-state index is 0.161. The number of likely N-dealkylation sites (tertiary alicyclic amines) is 1. The van der Waals surface area contributed by atoms with Crippen LogP contribution in [0.15, 0.2) is 30.3 Å². The first-order chi connectivity index (χ1) is 8.15. The molecule has 1 amide bonds. The minimum atomic E-state index is -0.757. The fourth-order valence-electron chi connectivity index (χ4n) is 2.12. The van der Waals surface area contributed by atoms with Crippen molar-refractivity contribution in [3.8, 4) is 0 Å². The lowest BCUT2D eigenvalue weighted by Gasteiger charge is -2.15. The van der Waals surface area contributed by atoms with Gasteiger partial charge < -0.3 is 16.2 Å². The van der Waals surface area contributed by atoms with Gasteiger partial charge in [0, 0.05) is 19.6 Å². The first-order valence-electron chi connectivity index (χ1n) is 5.63. The smallest absolute Gasteiger partial charge is 0.404 e. The Hall–Kier alpha value is -1.59. The van der Waals surface area contributed by atoms with Gasteiger partial charge in [0.1, 0.15) is 6.10 Å². The normalized spacial score (nSPS) is 24.8. The summed E-state index contributed by atoms with van der Waals surface area (Å²) >= 11 is 0. The van der Waals surface area contributed by atoms with Crippen LogP contribution >= 0.6 is 0 Å². The van der Waals surface area contributed by atoms with Gasteiger partial charge in [-0.25, -0.2) is 4.79 Å². The topological polar surface area (TPSA) is 81.6 Å². The van der Waals surface area contributed by atoms with Gasteiger partial charge >= 0.3 is 6.09 Å². The lowest BCUT2D eigenvalue weighted by Crippen LogP contribution is -2.37. The van der Waals surface area contributed by atoms with Gasteiger partial charge in [-0.15, -0.1) is 0 Å². The number of benzene rings is 1. The van der Waals surface area contributed by atoms with Crippen molar-refractivity contribution in [1.29, 1.82) is 0 Å². The highest BCUT2D eigenvalue weighted by atomic mass is 16.6. The number of nitrogens with two attached hydrogens (primary N) is 2. The van der Waals surface area contributed by atoms with Crippen LogP contribution in [-0.2, 0) is 11.3 Å². The van der Waals surface area contributed by atoms with E-state index < -0.39 is 6.09 Å². The molecule has 0 aliphatic carbocycles. The number of carbonyl (C=O) groups excluding carboxylic acids is 1. The first-order valence-corrected chi connectivity index (χ1v) is 5.63. The van der Waals surface area contributed by atoms with Gasteiger partial charge in [-0.1, -0.05) is 30.3 Å². The van der Waals surface area contributed by atoms with E-state index in [1.54, 1.807) is 0 Å². The number of hydrogen-bond acceptors (Lipinski definition) is 4. The SMILES string of the molecule is NC(=O)O[C@@H]1CN(Cc2ccccc2)C[C@H]1N. The second-order valence-electron chi connectivity index (χ2n) is 4.32. The molecule has 92 valence electrons. The second kappa shape index (κ2) is 5.16. The number of nitrogens with zero attached hydrogens (tertiary/aromatic N) is 1. The number of carbonyl (C=O) groups is 1. The molecule has 1 fully saturated rings. The number of primary amides is 1. The van der Waals surface area contributed by atoms with E-state index in [4.69, 9.17) is 16.2 Å². The molecule has 1 aliphatic rings. The van der Waals surface area contributed by atoms with Gasteiger partial charge in [0.05, 0.1) is 6.04 Å². The molecule has 0 saturated carbocycles. The summed E-state index contributed by atoms with van der Waals surface area (Å²) in [5.74, 6) is 0. The lowest BCUT2D eigenvalue weighted by molar-refractivity contribution is 0.102. The maximum atomic E-state index is 10.7. The first kappa shape index (κ1) is 11.9. The molecule has 1 saturated heterocycles. The highest BCUT2D eigenvalue weighted by molar-refractivity contribution is 5.64. The van der Waals surface area contributed by atoms with Crippen molar-refractivity contribution >= 4 is 6.09 Å². The second-order valence-corrected chi connectivity index (χ2v) is 4.32. The van der Waals surface area contributed by atoms with E-state index in [1.807, 2.05) is 18.2 Å². The van der Waals surface area contributed by atoms with Crippen molar-refractivity contribution in [2.75, 3.05) is 13.1 Å². The van der Waals surface area contributed by atoms with Crippen molar-refractivity contribution in [3.63, 3.8) is 0 Å². The standard InChI is InChI=1S/C12H17N3O2/c13-10-7-15(8-11(10)17-12(14)16)6-9-4-2-1-3-5-9/h1-5,10-11H,6-8,13H2,(H2,14,16)/t10-,11-/m1/s1. The van der Waals surface area contributed by atoms with Crippen LogP contribution in [0.5, 0.6) is 0 Å². The molecule has 4 N–H and O–H groups in total. The van der Waals surface area contributed by atoms with Crippen molar-refractivity contribution in [2.45, 2.75) is 18.7 Å². The quantitative estimate of drug-likeness (QED) is 0.789. The van der Waals surface area contributed by atoms with Crippen LogP contribution in [0.4, 0.5) is 4.79 Å². The van der Waals surface area contributed by atoms with E-state index in [-0.39, 0.29) is 12.1 Å². The Morgan fingerprint density at radius 3 is 2.71 bits per heavy atom. The molecule has 17 heavy (non-hydrogen) atoms. The van der Waals surface area contributed by atoms with Gasteiger partial charge in [-0.2, -0.15) is 0 Å². The predicted octanol–water partition coefficient (Wildman–Crippen LogP) is 0.293. The summed E-state index contributed by atoms with van der Waals surface area (Å²) in [5.41, 5.74) is 12.1. The Morgan fingerprint density at radius 2 is 2.06 bits per heavy atom. The lowest BCUT2D eigenvalue weighted by atomic mass is 10.2. The minimum Gasteiger partial charge on any atom is -0.443 e. The van der Waals surface area contributed by atoms with Crippen LogP contribution in [0.2, 0.25) is 0 Å². The molecule has 2 rings (SSSR count). The van der Waals surface area contributed by atoms with Crippen LogP contribution in [0.25, 0.3) is 0 Å². The number of ether oxygens (including phenoxy) is 1. The molecule has 0 radical (unpaired) electrons. The van der Waals surface area contributed by atoms with E-state index in [0.717, 1.165) is 6.54 Å². The molecule has 1 aromatic carbocycles. The molecule has 2 atom stereocenters. The van der Waals surface area contributed by atoms with Crippen molar-refractivity contribution in [2.24, 2.45) is 11.5 Å². The average molecular weight is 235 g/mol. The molecular weight excluding hydrogens is 218 g/mol. The average Bonchev–Trinajstić information content (AvgIpc) is 2.59. The Kier molecular flexibility index (Phi) is 3.61. The highest BCUT2D eigenvalue weighted by Crippen LogP contribution is 2.15. The number of amides is 1. The molecule has 1 aliphatic heterocycles. The largest absolute Gasteiger partial charge is 0.443 e. The fraction of sp³-hybridized carbons (Fsp3) is 0.417. The molecular formula is C12H17N3O2. The molecule has 0 bridgehead atoms. The summed E-state index contributed by atoms with van der Waals surface area (Å²) in [6.45, 7) is 2.17. The third-order valence-electron chi connectivity index (χ3n) is 2.90. The summed E-state index contributed by atoms with van der Waals surface area (Å²) in [6.07, 6.45) is -1.05. The summed E-state index contributed by atoms with van der Waals surface area (Å²) in [5, 5.41) is 0. The van der Waals surface area contributed by atoms with Crippen LogP contribution in [0.1, 0.15) is 5.56 Å². The fourth-order valence-corrected chi connectivity index (χ4v) is 2.12. The van der Waals surface area contributed by atoms with Crippen LogP contribution < -0.4 is 11.5 Å². The summed E-state index contributed by atoms with van der Waals surface area (Å²) in [4.78, 5) is 12.9. The van der Waals surface area contributed by atoms with Gasteiger partial charge in [0.25, 0.3) is 0 Å². The predicted molar refractivity (Wildman–Crippen MR) is 64.2 cm³/mol. The zero-order chi connectivity index (χ0) is 12.3. The monoisotopic (exact) mass is 235 g/mol. The molecule has 1 aromatic rings. The van der Waals surface area contributed by atoms with E-state index in [0.29, 0.717) is 13.1 Å². The molecule has 0 aromatic heterocycles. The molecule has 0 unspecified atom stereocenters. The van der Waals surface area contributed by atoms with Crippen LogP contribution in [-0.4, -0.2) is 36.2 Å². The maximum absolute atomic E-state index is 10.7. The van der Waals surface area contributed by atoms with Crippen molar-refractivity contribution in [1.82, 2.24) is 4.90 Å². The Morgan fingerprint density at radius 1 is 1.35 bits per heavy atom. The van der Waals surface area contributed by atoms with Gasteiger partial charge in [-0.05, 0) is 5.56 Å². The van der Waals surface area contributed by atoms with E-state index in [9.17, 15) is 4.79 Å². The summed E-state index contributed by atoms with van der Waals surface area (Å²) < 4.78 is 4.96. The van der Waals surface area contributed by atoms with Gasteiger partial charge in [0.15, 0.2) is 0 Å². The van der Waals surface area contributed by atoms with Crippen molar-refractivity contribution < 1.29 is 9.53 Å². The van der Waals surface area contributed by atoms with E-state index in [1.165, 1.54) is 5.56 Å². The highest BCUT2D eigenvalue weighted by Gasteiger charge is 2.32. The van der Waals surface area contributed by atoms with Gasteiger partial charge in [0.2, 0.25) is 0 Å². The Bertz CT molecular complexity index is 383. The summed E-state index contributed by atoms with van der Waals surface area (Å²) in [6, 6.07) is 9.96. The maximum Gasteiger partial charge on any atom is 0.404 e. The number of rotatable bonds is 3. The third-order valence-corrected chi connectivity index (χ3v) is 2.90.